The van der Waals surface area contributed by atoms with E-state index in [1.54, 1.807) is 31.2 Å². The molecular weight excluding hydrogens is 324 g/mol. The summed E-state index contributed by atoms with van der Waals surface area (Å²) in [7, 11) is 0. The van der Waals surface area contributed by atoms with Crippen LogP contribution < -0.4 is 0 Å². The molecule has 0 aromatic heterocycles. The minimum absolute atomic E-state index is 0.342. The highest BCUT2D eigenvalue weighted by Gasteiger charge is 2.92. The van der Waals surface area contributed by atoms with Crippen molar-refractivity contribution in [2.24, 2.45) is 10.8 Å². The zero-order valence-corrected chi connectivity index (χ0v) is 13.2. The third-order valence-corrected chi connectivity index (χ3v) is 6.39. The zero-order valence-electron chi connectivity index (χ0n) is 12.5. The SMILES string of the molecule is C[C@]12C=C[C@H](O1)[C@@]1(C(=O)O)[C@]2(C(=O)O)[C@@H]2C=C[C@@]1(CCCCl)O2. The van der Waals surface area contributed by atoms with E-state index >= 15 is 0 Å². The van der Waals surface area contributed by atoms with E-state index in [2.05, 4.69) is 0 Å². The lowest BCUT2D eigenvalue weighted by Gasteiger charge is -2.48. The molecule has 0 radical (unpaired) electrons. The first-order valence-electron chi connectivity index (χ1n) is 7.59. The Labute approximate surface area is 137 Å². The average Bonchev–Trinajstić information content (AvgIpc) is 3.18. The van der Waals surface area contributed by atoms with Crippen molar-refractivity contribution in [3.05, 3.63) is 24.3 Å². The Morgan fingerprint density at radius 2 is 1.70 bits per heavy atom. The molecule has 6 atom stereocenters. The van der Waals surface area contributed by atoms with Gasteiger partial charge < -0.3 is 19.7 Å². The van der Waals surface area contributed by atoms with Gasteiger partial charge in [0.1, 0.15) is 11.2 Å². The van der Waals surface area contributed by atoms with Crippen LogP contribution in [0.1, 0.15) is 19.8 Å². The number of ether oxygens (including phenoxy) is 2. The van der Waals surface area contributed by atoms with Crippen LogP contribution in [0.4, 0.5) is 0 Å². The molecule has 0 amide bonds. The molecule has 4 aliphatic rings. The van der Waals surface area contributed by atoms with E-state index in [4.69, 9.17) is 21.1 Å². The van der Waals surface area contributed by atoms with Crippen molar-refractivity contribution in [3.63, 3.8) is 0 Å². The molecule has 4 aliphatic heterocycles. The molecule has 2 fully saturated rings. The van der Waals surface area contributed by atoms with Crippen molar-refractivity contribution in [2.45, 2.75) is 43.2 Å². The maximum absolute atomic E-state index is 12.5. The molecule has 4 bridgehead atoms. The van der Waals surface area contributed by atoms with Crippen LogP contribution in [0, 0.1) is 10.8 Å². The highest BCUT2D eigenvalue weighted by molar-refractivity contribution is 6.17. The van der Waals surface area contributed by atoms with Crippen molar-refractivity contribution < 1.29 is 29.3 Å². The largest absolute Gasteiger partial charge is 0.481 e. The lowest BCUT2D eigenvalue weighted by molar-refractivity contribution is -0.176. The van der Waals surface area contributed by atoms with Gasteiger partial charge in [-0.25, -0.2) is 0 Å². The summed E-state index contributed by atoms with van der Waals surface area (Å²) in [6, 6.07) is 0. The molecule has 124 valence electrons. The Morgan fingerprint density at radius 3 is 2.30 bits per heavy atom. The van der Waals surface area contributed by atoms with Crippen molar-refractivity contribution in [1.29, 1.82) is 0 Å². The second-order valence-electron chi connectivity index (χ2n) is 6.81. The van der Waals surface area contributed by atoms with Gasteiger partial charge in [-0.3, -0.25) is 9.59 Å². The summed E-state index contributed by atoms with van der Waals surface area (Å²) < 4.78 is 12.0. The monoisotopic (exact) mass is 340 g/mol. The molecule has 2 saturated heterocycles. The first-order valence-corrected chi connectivity index (χ1v) is 8.13. The number of fused-ring (bicyclic) bond motifs is 9. The summed E-state index contributed by atoms with van der Waals surface area (Å²) in [4.78, 5) is 24.9. The van der Waals surface area contributed by atoms with Gasteiger partial charge >= 0.3 is 11.9 Å². The lowest BCUT2D eigenvalue weighted by Crippen LogP contribution is -2.68. The van der Waals surface area contributed by atoms with E-state index in [1.807, 2.05) is 0 Å². The van der Waals surface area contributed by atoms with E-state index in [9.17, 15) is 19.8 Å². The summed E-state index contributed by atoms with van der Waals surface area (Å²) >= 11 is 5.80. The number of carboxylic acids is 2. The van der Waals surface area contributed by atoms with Crippen LogP contribution in [0.2, 0.25) is 0 Å². The van der Waals surface area contributed by atoms with Crippen LogP contribution in [-0.4, -0.2) is 51.4 Å². The smallest absolute Gasteiger partial charge is 0.317 e. The standard InChI is InChI=1S/C16H17ClO6/c1-13-6-3-10(22-13)16(12(20)21)14(5-2-8-17)7-4-9(23-14)15(13,16)11(18)19/h3-4,6-7,9-10H,2,5,8H2,1H3,(H,18,19)(H,20,21)/t9-,10-,13+,14+,15-,16-/m0/s1. The molecule has 2 N–H and O–H groups in total. The van der Waals surface area contributed by atoms with Crippen LogP contribution in [0.25, 0.3) is 0 Å². The molecule has 0 unspecified atom stereocenters. The minimum Gasteiger partial charge on any atom is -0.481 e. The highest BCUT2D eigenvalue weighted by atomic mass is 35.5. The fraction of sp³-hybridized carbons (Fsp3) is 0.625. The summed E-state index contributed by atoms with van der Waals surface area (Å²) in [5.41, 5.74) is -5.82. The third-order valence-electron chi connectivity index (χ3n) is 6.12. The molecule has 0 aromatic rings. The molecule has 0 saturated carbocycles. The molecular formula is C16H17ClO6. The number of rotatable bonds is 5. The average molecular weight is 341 g/mol. The Bertz CT molecular complexity index is 673. The summed E-state index contributed by atoms with van der Waals surface area (Å²) in [5, 5.41) is 20.3. The first kappa shape index (κ1) is 15.2. The van der Waals surface area contributed by atoms with Crippen LogP contribution in [-0.2, 0) is 19.1 Å². The summed E-state index contributed by atoms with van der Waals surface area (Å²) in [6.45, 7) is 1.63. The topological polar surface area (TPSA) is 93.1 Å². The maximum Gasteiger partial charge on any atom is 0.317 e. The van der Waals surface area contributed by atoms with E-state index in [-0.39, 0.29) is 0 Å². The van der Waals surface area contributed by atoms with Crippen molar-refractivity contribution in [1.82, 2.24) is 0 Å². The Kier molecular flexibility index (Phi) is 2.76. The molecule has 0 aliphatic carbocycles. The van der Waals surface area contributed by atoms with Gasteiger partial charge in [-0.05, 0) is 19.8 Å². The zero-order chi connectivity index (χ0) is 16.7. The number of carboxylic acid groups (broad SMARTS) is 2. The molecule has 0 aromatic carbocycles. The minimum atomic E-state index is -1.69. The summed E-state index contributed by atoms with van der Waals surface area (Å²) in [5.74, 6) is -2.05. The van der Waals surface area contributed by atoms with Crippen molar-refractivity contribution >= 4 is 23.5 Å². The number of hydrogen-bond donors (Lipinski definition) is 2. The van der Waals surface area contributed by atoms with Gasteiger partial charge in [0, 0.05) is 5.88 Å². The summed E-state index contributed by atoms with van der Waals surface area (Å²) in [6.07, 6.45) is 5.90. The van der Waals surface area contributed by atoms with Crippen LogP contribution in [0.3, 0.4) is 0 Å². The van der Waals surface area contributed by atoms with Gasteiger partial charge in [0.05, 0.1) is 12.2 Å². The molecule has 7 heteroatoms. The van der Waals surface area contributed by atoms with Crippen LogP contribution >= 0.6 is 11.6 Å². The third kappa shape index (κ3) is 1.22. The van der Waals surface area contributed by atoms with Gasteiger partial charge in [0.2, 0.25) is 0 Å². The van der Waals surface area contributed by atoms with E-state index in [0.29, 0.717) is 18.7 Å². The van der Waals surface area contributed by atoms with Gasteiger partial charge in [-0.1, -0.05) is 24.3 Å². The van der Waals surface area contributed by atoms with Crippen molar-refractivity contribution in [3.8, 4) is 0 Å². The number of alkyl halides is 1. The molecule has 23 heavy (non-hydrogen) atoms. The molecule has 4 rings (SSSR count). The molecule has 6 nitrogen and oxygen atoms in total. The lowest BCUT2D eigenvalue weighted by atomic mass is 9.45. The normalized spacial score (nSPS) is 51.4. The van der Waals surface area contributed by atoms with Crippen LogP contribution in [0.5, 0.6) is 0 Å². The van der Waals surface area contributed by atoms with Gasteiger partial charge in [-0.15, -0.1) is 11.6 Å². The predicted molar refractivity (Wildman–Crippen MR) is 79.3 cm³/mol. The van der Waals surface area contributed by atoms with Gasteiger partial charge in [-0.2, -0.15) is 0 Å². The second kappa shape index (κ2) is 4.18. The van der Waals surface area contributed by atoms with E-state index in [0.717, 1.165) is 0 Å². The first-order chi connectivity index (χ1) is 10.8. The van der Waals surface area contributed by atoms with Gasteiger partial charge in [0.25, 0.3) is 0 Å². The fourth-order valence-electron chi connectivity index (χ4n) is 5.42. The maximum atomic E-state index is 12.5. The Morgan fingerprint density at radius 1 is 1.09 bits per heavy atom. The molecule has 0 spiro atoms. The van der Waals surface area contributed by atoms with Crippen LogP contribution in [0.15, 0.2) is 24.3 Å². The molecule has 4 heterocycles. The predicted octanol–water partition coefficient (Wildman–Crippen LogP) is 1.58. The quantitative estimate of drug-likeness (QED) is 0.583. The Balaban J connectivity index is 2.03. The highest BCUT2D eigenvalue weighted by Crippen LogP contribution is 2.76. The second-order valence-corrected chi connectivity index (χ2v) is 7.19. The van der Waals surface area contributed by atoms with Gasteiger partial charge in [0.15, 0.2) is 10.8 Å². The number of aliphatic carboxylic acids is 2. The number of halogens is 1. The van der Waals surface area contributed by atoms with E-state index < -0.39 is 46.2 Å². The Hall–Kier alpha value is -1.37. The fourth-order valence-corrected chi connectivity index (χ4v) is 5.55. The number of carbonyl (C=O) groups is 2. The van der Waals surface area contributed by atoms with Crippen molar-refractivity contribution in [2.75, 3.05) is 5.88 Å². The van der Waals surface area contributed by atoms with E-state index in [1.165, 1.54) is 0 Å². The number of hydrogen-bond acceptors (Lipinski definition) is 4.